The molecule has 0 saturated heterocycles. The number of aromatic nitrogens is 2. The van der Waals surface area contributed by atoms with Gasteiger partial charge in [0, 0.05) is 170 Å². The van der Waals surface area contributed by atoms with Crippen molar-refractivity contribution in [3.05, 3.63) is 46.8 Å². The minimum Gasteiger partial charge on any atom is -0.358 e. The molecule has 2 atom stereocenters. The minimum absolute atomic E-state index is 0.180. The largest absolute Gasteiger partial charge is 0.358 e. The molecule has 2 aliphatic carbocycles. The van der Waals surface area contributed by atoms with Crippen LogP contribution in [0, 0.1) is 0 Å². The standard InChI is InChI=1S/C66H9N3/c1-3-67-4-2-6(1)5-69-65-59-50-40-27-17-11-7-8-13-19-15-9(7)10-12(11)18-24-21-16(10)26-25(15)35-29(19)37-30-20(13)23-14(8)22(17)32(40)42-33(23)43-38(30)48-47(37)56-45(35)46-36(26)31(21)39-44-34(24)41(28(18)27)51(50)60(65)54(44)55-49(39)57(46)63(56)68-64-58(48)61(53(43)52(42)59)66(69)62(55)64/h1-4,59,65,68H,5H2. The summed E-state index contributed by atoms with van der Waals surface area (Å²) in [5.41, 5.74) is 10.9. The average Bonchev–Trinajstić information content (AvgIpc) is 4.28. The van der Waals surface area contributed by atoms with Crippen LogP contribution in [-0.2, 0) is 6.54 Å². The third kappa shape index (κ3) is 1.44. The van der Waals surface area contributed by atoms with Crippen LogP contribution in [0.4, 0.5) is 5.69 Å². The summed E-state index contributed by atoms with van der Waals surface area (Å²) < 4.78 is 0. The monoisotopic (exact) mass is 843 g/mol. The van der Waals surface area contributed by atoms with Crippen molar-refractivity contribution in [1.29, 1.82) is 0 Å². The minimum atomic E-state index is 0.180. The molecule has 26 aromatic carbocycles. The molecule has 2 unspecified atom stereocenters. The maximum absolute atomic E-state index is 4.65. The van der Waals surface area contributed by atoms with Crippen LogP contribution in [0.5, 0.6) is 0 Å². The molecule has 4 heterocycles. The number of hydrogen-bond donors (Lipinski definition) is 1. The summed E-state index contributed by atoms with van der Waals surface area (Å²) in [6.07, 6.45) is 4.09. The van der Waals surface area contributed by atoms with Crippen molar-refractivity contribution in [2.24, 2.45) is 0 Å². The van der Waals surface area contributed by atoms with E-state index in [-0.39, 0.29) is 12.0 Å². The van der Waals surface area contributed by atoms with Crippen LogP contribution >= 0.6 is 0 Å². The number of nitrogens with one attached hydrogen (secondary N) is 1. The molecule has 3 aromatic heterocycles. The van der Waals surface area contributed by atoms with E-state index >= 15 is 0 Å². The molecule has 0 amide bonds. The fourth-order valence-corrected chi connectivity index (χ4v) is 23.9. The van der Waals surface area contributed by atoms with Gasteiger partial charge in [0.15, 0.2) is 0 Å². The molecule has 32 rings (SSSR count). The molecule has 0 radical (unpaired) electrons. The van der Waals surface area contributed by atoms with Gasteiger partial charge in [0.1, 0.15) is 0 Å². The van der Waals surface area contributed by atoms with Gasteiger partial charge in [-0.2, -0.15) is 0 Å². The molecule has 2 bridgehead atoms. The molecule has 0 spiro atoms. The molecule has 288 valence electrons. The Morgan fingerprint density at radius 3 is 0.986 bits per heavy atom. The van der Waals surface area contributed by atoms with Crippen LogP contribution in [0.3, 0.4) is 0 Å². The zero-order chi connectivity index (χ0) is 40.7. The van der Waals surface area contributed by atoms with Gasteiger partial charge in [0.05, 0.1) is 22.8 Å². The summed E-state index contributed by atoms with van der Waals surface area (Å²) in [7, 11) is 0. The van der Waals surface area contributed by atoms with E-state index in [0.717, 1.165) is 6.54 Å². The van der Waals surface area contributed by atoms with Crippen molar-refractivity contribution < 1.29 is 0 Å². The maximum atomic E-state index is 4.65. The molecule has 69 heavy (non-hydrogen) atoms. The summed E-state index contributed by atoms with van der Waals surface area (Å²) in [5, 5.41) is 84.8. The highest BCUT2D eigenvalue weighted by Gasteiger charge is 2.56. The summed E-state index contributed by atoms with van der Waals surface area (Å²) in [6.45, 7) is 0.871. The lowest BCUT2D eigenvalue weighted by molar-refractivity contribution is 0.592. The second kappa shape index (κ2) is 5.91. The highest BCUT2D eigenvalue weighted by Crippen LogP contribution is 2.81. The Kier molecular flexibility index (Phi) is 2.17. The van der Waals surface area contributed by atoms with Crippen LogP contribution in [-0.4, -0.2) is 9.97 Å². The lowest BCUT2D eigenvalue weighted by Gasteiger charge is -2.35. The number of fused-ring (bicyclic) bond motifs is 5. The van der Waals surface area contributed by atoms with E-state index in [1.807, 2.05) is 12.4 Å². The zero-order valence-electron chi connectivity index (χ0n) is 35.1. The van der Waals surface area contributed by atoms with Crippen molar-refractivity contribution in [3.8, 4) is 0 Å². The summed E-state index contributed by atoms with van der Waals surface area (Å²) in [4.78, 5) is 12.3. The van der Waals surface area contributed by atoms with Crippen molar-refractivity contribution in [3.63, 3.8) is 0 Å². The number of hydrogen-bond acceptors (Lipinski definition) is 2. The Labute approximate surface area is 375 Å². The Bertz CT molecular complexity index is 7490. The van der Waals surface area contributed by atoms with Gasteiger partial charge >= 0.3 is 0 Å². The fourth-order valence-electron chi connectivity index (χ4n) is 23.9. The van der Waals surface area contributed by atoms with Gasteiger partial charge in [-0.1, -0.05) is 0 Å². The molecular weight excluding hydrogens is 835 g/mol. The third-order valence-corrected chi connectivity index (χ3v) is 24.3. The number of H-pyrrole nitrogens is 1. The molecule has 0 saturated carbocycles. The quantitative estimate of drug-likeness (QED) is 0.176. The smallest absolute Gasteiger partial charge is 0.0669 e. The number of anilines is 1. The number of benzene rings is 15. The summed E-state index contributed by atoms with van der Waals surface area (Å²) >= 11 is 0. The fraction of sp³-hybridized carbons (Fsp3) is 0.0455. The molecule has 1 N–H and O–H groups in total. The number of aromatic amines is 1. The van der Waals surface area contributed by atoms with Crippen molar-refractivity contribution in [2.45, 2.75) is 18.5 Å². The van der Waals surface area contributed by atoms with Gasteiger partial charge in [-0.05, 0) is 169 Å². The van der Waals surface area contributed by atoms with E-state index < -0.39 is 0 Å². The van der Waals surface area contributed by atoms with Crippen LogP contribution in [0.15, 0.2) is 24.5 Å². The topological polar surface area (TPSA) is 31.9 Å². The second-order valence-corrected chi connectivity index (χ2v) is 24.9. The predicted molar refractivity (Wildman–Crippen MR) is 290 cm³/mol. The normalized spacial score (nSPS) is 19.9. The van der Waals surface area contributed by atoms with E-state index in [2.05, 4.69) is 27.0 Å². The first kappa shape index (κ1) is 25.4. The first-order valence-corrected chi connectivity index (χ1v) is 25.6. The molecule has 3 heteroatoms. The Morgan fingerprint density at radius 1 is 0.290 bits per heavy atom. The van der Waals surface area contributed by atoms with E-state index in [1.165, 1.54) is 27.7 Å². The molecule has 29 aromatic rings. The van der Waals surface area contributed by atoms with E-state index in [1.54, 1.807) is 291 Å². The molecular formula is C66H9N3. The molecule has 3 nitrogen and oxygen atoms in total. The van der Waals surface area contributed by atoms with Crippen molar-refractivity contribution in [2.75, 3.05) is 4.90 Å². The summed E-state index contributed by atoms with van der Waals surface area (Å²) in [6, 6.07) is 4.82. The maximum Gasteiger partial charge on any atom is 0.0669 e. The van der Waals surface area contributed by atoms with E-state index in [4.69, 9.17) is 0 Å². The third-order valence-electron chi connectivity index (χ3n) is 24.3. The first-order chi connectivity index (χ1) is 34.4. The van der Waals surface area contributed by atoms with Crippen LogP contribution in [0.25, 0.3) is 291 Å². The van der Waals surface area contributed by atoms with Gasteiger partial charge < -0.3 is 9.88 Å². The Balaban J connectivity index is 1.19. The number of pyridine rings is 1. The number of nitrogens with zero attached hydrogens (tertiary/aromatic N) is 2. The second-order valence-electron chi connectivity index (χ2n) is 24.9. The van der Waals surface area contributed by atoms with Crippen LogP contribution in [0.1, 0.15) is 34.2 Å². The highest BCUT2D eigenvalue weighted by atomic mass is 15.2. The van der Waals surface area contributed by atoms with Crippen molar-refractivity contribution >= 4 is 297 Å². The SMILES string of the molecule is c1cc(CN2c3c4c5c6c7c8c9c%10c%11c(c%12c%13c3c3[nH]c%14c%15c%13c%13c%12c%12c%11c%11c9c9c8c8c%16c7c5c5c(c34)c3c%14c4c%15c7c%13c%13c%12c%11c%11c9c9c8c8c%16c5c3c3c4c4c7c%13c%11c9c4c38)C2C6%10)ccn1. The lowest BCUT2D eigenvalue weighted by atomic mass is 9.79. The van der Waals surface area contributed by atoms with Gasteiger partial charge in [-0.25, -0.2) is 0 Å². The van der Waals surface area contributed by atoms with E-state index in [0.29, 0.717) is 0 Å². The Morgan fingerprint density at radius 2 is 0.565 bits per heavy atom. The van der Waals surface area contributed by atoms with Gasteiger partial charge in [-0.15, -0.1) is 0 Å². The Hall–Kier alpha value is -8.79. The van der Waals surface area contributed by atoms with E-state index in [9.17, 15) is 0 Å². The molecule has 1 aliphatic heterocycles. The van der Waals surface area contributed by atoms with Crippen LogP contribution < -0.4 is 4.90 Å². The van der Waals surface area contributed by atoms with Crippen molar-refractivity contribution in [1.82, 2.24) is 9.97 Å². The van der Waals surface area contributed by atoms with Gasteiger partial charge in [-0.3, -0.25) is 4.98 Å². The number of rotatable bonds is 2. The average molecular weight is 844 g/mol. The predicted octanol–water partition coefficient (Wildman–Crippen LogP) is 17.9. The summed E-state index contributed by atoms with van der Waals surface area (Å²) in [5.74, 6) is 0.249. The van der Waals surface area contributed by atoms with Gasteiger partial charge in [0.2, 0.25) is 0 Å². The highest BCUT2D eigenvalue weighted by molar-refractivity contribution is 6.81. The molecule has 3 aliphatic rings. The first-order valence-electron chi connectivity index (χ1n) is 25.6. The molecule has 0 fully saturated rings. The lowest BCUT2D eigenvalue weighted by Crippen LogP contribution is -2.30. The zero-order valence-corrected chi connectivity index (χ0v) is 35.1. The van der Waals surface area contributed by atoms with Crippen LogP contribution in [0.2, 0.25) is 0 Å². The van der Waals surface area contributed by atoms with Gasteiger partial charge in [0.25, 0.3) is 0 Å².